The molecule has 0 N–H and O–H groups in total. The molecule has 1 aliphatic heterocycles. The molecule has 2 aromatic carbocycles. The molecule has 0 bridgehead atoms. The van der Waals surface area contributed by atoms with Crippen LogP contribution in [0, 0.1) is 5.82 Å². The Balaban J connectivity index is 1.30. The zero-order valence-electron chi connectivity index (χ0n) is 22.0. The predicted octanol–water partition coefficient (Wildman–Crippen LogP) is 5.29. The smallest absolute Gasteiger partial charge is 0.254 e. The maximum Gasteiger partial charge on any atom is 0.254 e. The molecule has 40 heavy (non-hydrogen) atoms. The van der Waals surface area contributed by atoms with Gasteiger partial charge in [0.05, 0.1) is 13.2 Å². The lowest BCUT2D eigenvalue weighted by atomic mass is 9.90. The fourth-order valence-corrected chi connectivity index (χ4v) is 6.94. The number of ether oxygens (including phenoxy) is 1. The summed E-state index contributed by atoms with van der Waals surface area (Å²) in [6, 6.07) is 17.3. The maximum absolute atomic E-state index is 14.5. The molecule has 1 atom stereocenters. The molecular weight excluding hydrogens is 529 g/mol. The Morgan fingerprint density at radius 1 is 1.02 bits per heavy atom. The summed E-state index contributed by atoms with van der Waals surface area (Å²) in [5.41, 5.74) is 3.47. The SMILES string of the molecule is CC1(S(=O)(=O)n2ccc3cc(-c4cccc(C(=O)N5CCOCC5)c4)cnc32)C=CC=C(c2ccccc2F)C1. The summed E-state index contributed by atoms with van der Waals surface area (Å²) in [6.07, 6.45) is 8.32. The zero-order chi connectivity index (χ0) is 27.9. The van der Waals surface area contributed by atoms with Crippen molar-refractivity contribution >= 4 is 32.5 Å². The number of carbonyl (C=O) groups excluding carboxylic acids is 1. The Kier molecular flexibility index (Phi) is 6.64. The standard InChI is InChI=1S/C31H28FN3O4S/c1-31(12-5-8-25(20-31)27-9-2-3-10-28(27)32)40(37,38)35-13-11-23-19-26(21-33-29(23)35)22-6-4-7-24(18-22)30(36)34-14-16-39-17-15-34/h2-13,18-19,21H,14-17,20H2,1H3. The van der Waals surface area contributed by atoms with Gasteiger partial charge in [-0.3, -0.25) is 4.79 Å². The number of aromatic nitrogens is 2. The fraction of sp³-hybridized carbons (Fsp3) is 0.226. The van der Waals surface area contributed by atoms with Gasteiger partial charge in [-0.05, 0) is 54.8 Å². The van der Waals surface area contributed by atoms with Gasteiger partial charge in [0.2, 0.25) is 10.0 Å². The summed E-state index contributed by atoms with van der Waals surface area (Å²) in [5, 5.41) is 0.652. The number of halogens is 1. The number of carbonyl (C=O) groups is 1. The number of benzene rings is 2. The van der Waals surface area contributed by atoms with E-state index in [9.17, 15) is 17.6 Å². The minimum atomic E-state index is -3.96. The molecule has 2 aromatic heterocycles. The average molecular weight is 558 g/mol. The Labute approximate surface area is 232 Å². The van der Waals surface area contributed by atoms with E-state index in [2.05, 4.69) is 4.98 Å². The summed E-state index contributed by atoms with van der Waals surface area (Å²) < 4.78 is 47.7. The molecule has 1 amide bonds. The molecule has 3 heterocycles. The number of fused-ring (bicyclic) bond motifs is 1. The summed E-state index contributed by atoms with van der Waals surface area (Å²) in [4.78, 5) is 19.3. The largest absolute Gasteiger partial charge is 0.378 e. The van der Waals surface area contributed by atoms with Crippen molar-refractivity contribution in [1.82, 2.24) is 13.9 Å². The molecule has 6 rings (SSSR count). The second kappa shape index (κ2) is 10.1. The van der Waals surface area contributed by atoms with Crippen LogP contribution >= 0.6 is 0 Å². The fourth-order valence-electron chi connectivity index (χ4n) is 5.30. The van der Waals surface area contributed by atoms with Crippen molar-refractivity contribution in [2.45, 2.75) is 18.1 Å². The van der Waals surface area contributed by atoms with Crippen LogP contribution in [-0.2, 0) is 14.8 Å². The molecule has 4 aromatic rings. The minimum Gasteiger partial charge on any atom is -0.378 e. The number of pyridine rings is 1. The summed E-state index contributed by atoms with van der Waals surface area (Å²) in [5.74, 6) is -0.436. The van der Waals surface area contributed by atoms with Crippen LogP contribution in [0.2, 0.25) is 0 Å². The Hall–Kier alpha value is -4.08. The van der Waals surface area contributed by atoms with Crippen LogP contribution < -0.4 is 0 Å². The van der Waals surface area contributed by atoms with Gasteiger partial charge in [0.15, 0.2) is 5.65 Å². The first kappa shape index (κ1) is 26.2. The van der Waals surface area contributed by atoms with Crippen molar-refractivity contribution in [3.63, 3.8) is 0 Å². The van der Waals surface area contributed by atoms with Crippen LogP contribution in [0.15, 0.2) is 91.3 Å². The monoisotopic (exact) mass is 557 g/mol. The summed E-state index contributed by atoms with van der Waals surface area (Å²) in [7, 11) is -3.96. The lowest BCUT2D eigenvalue weighted by Crippen LogP contribution is -2.40. The quantitative estimate of drug-likeness (QED) is 0.333. The van der Waals surface area contributed by atoms with Gasteiger partial charge >= 0.3 is 0 Å². The van der Waals surface area contributed by atoms with Gasteiger partial charge in [0, 0.05) is 47.6 Å². The van der Waals surface area contributed by atoms with Crippen LogP contribution in [0.3, 0.4) is 0 Å². The lowest BCUT2D eigenvalue weighted by Gasteiger charge is -2.30. The molecule has 7 nitrogen and oxygen atoms in total. The topological polar surface area (TPSA) is 81.5 Å². The van der Waals surface area contributed by atoms with Crippen molar-refractivity contribution in [2.24, 2.45) is 0 Å². The summed E-state index contributed by atoms with van der Waals surface area (Å²) in [6.45, 7) is 3.82. The number of hydrogen-bond acceptors (Lipinski definition) is 5. The van der Waals surface area contributed by atoms with Gasteiger partial charge in [-0.2, -0.15) is 0 Å². The first-order valence-corrected chi connectivity index (χ1v) is 14.5. The highest BCUT2D eigenvalue weighted by molar-refractivity contribution is 7.91. The third-order valence-corrected chi connectivity index (χ3v) is 9.86. The molecule has 0 saturated carbocycles. The number of hydrogen-bond donors (Lipinski definition) is 0. The first-order valence-electron chi connectivity index (χ1n) is 13.1. The molecule has 0 spiro atoms. The normalized spacial score (nSPS) is 19.6. The van der Waals surface area contributed by atoms with Crippen LogP contribution in [0.4, 0.5) is 4.39 Å². The third kappa shape index (κ3) is 4.55. The molecule has 0 radical (unpaired) electrons. The van der Waals surface area contributed by atoms with Gasteiger partial charge in [-0.25, -0.2) is 21.8 Å². The van der Waals surface area contributed by atoms with Crippen LogP contribution in [0.1, 0.15) is 29.3 Å². The van der Waals surface area contributed by atoms with Gasteiger partial charge in [0.1, 0.15) is 10.6 Å². The molecule has 1 saturated heterocycles. The van der Waals surface area contributed by atoms with Gasteiger partial charge < -0.3 is 9.64 Å². The van der Waals surface area contributed by atoms with Crippen LogP contribution in [0.5, 0.6) is 0 Å². The average Bonchev–Trinajstić information content (AvgIpc) is 3.42. The molecule has 9 heteroatoms. The molecule has 1 fully saturated rings. The minimum absolute atomic E-state index is 0.0472. The number of rotatable bonds is 5. The van der Waals surface area contributed by atoms with Gasteiger partial charge in [-0.1, -0.05) is 48.6 Å². The third-order valence-electron chi connectivity index (χ3n) is 7.59. The second-order valence-electron chi connectivity index (χ2n) is 10.3. The maximum atomic E-state index is 14.5. The highest BCUT2D eigenvalue weighted by Crippen LogP contribution is 2.38. The van der Waals surface area contributed by atoms with E-state index in [1.54, 1.807) is 66.6 Å². The van der Waals surface area contributed by atoms with Crippen molar-refractivity contribution in [1.29, 1.82) is 0 Å². The van der Waals surface area contributed by atoms with Crippen LogP contribution in [-0.4, -0.2) is 59.2 Å². The number of nitrogens with zero attached hydrogens (tertiary/aromatic N) is 3. The van der Waals surface area contributed by atoms with E-state index < -0.39 is 14.8 Å². The molecule has 2 aliphatic rings. The van der Waals surface area contributed by atoms with Crippen LogP contribution in [0.25, 0.3) is 27.7 Å². The van der Waals surface area contributed by atoms with Crippen molar-refractivity contribution in [3.05, 3.63) is 108 Å². The van der Waals surface area contributed by atoms with E-state index in [0.29, 0.717) is 54.0 Å². The van der Waals surface area contributed by atoms with Gasteiger partial charge in [0.25, 0.3) is 5.91 Å². The van der Waals surface area contributed by atoms with E-state index >= 15 is 0 Å². The Morgan fingerprint density at radius 3 is 2.62 bits per heavy atom. The van der Waals surface area contributed by atoms with E-state index in [1.165, 1.54) is 16.2 Å². The van der Waals surface area contributed by atoms with Gasteiger partial charge in [-0.15, -0.1) is 0 Å². The highest BCUT2D eigenvalue weighted by Gasteiger charge is 2.41. The van der Waals surface area contributed by atoms with E-state index in [1.807, 2.05) is 24.3 Å². The van der Waals surface area contributed by atoms with E-state index in [-0.39, 0.29) is 18.1 Å². The summed E-state index contributed by atoms with van der Waals surface area (Å²) >= 11 is 0. The predicted molar refractivity (Wildman–Crippen MR) is 153 cm³/mol. The van der Waals surface area contributed by atoms with Crippen molar-refractivity contribution in [3.8, 4) is 11.1 Å². The van der Waals surface area contributed by atoms with Crippen molar-refractivity contribution in [2.75, 3.05) is 26.3 Å². The lowest BCUT2D eigenvalue weighted by molar-refractivity contribution is 0.0303. The zero-order valence-corrected chi connectivity index (χ0v) is 22.8. The van der Waals surface area contributed by atoms with E-state index in [0.717, 1.165) is 11.1 Å². The second-order valence-corrected chi connectivity index (χ2v) is 12.5. The molecule has 1 unspecified atom stereocenters. The number of allylic oxidation sites excluding steroid dienone is 3. The van der Waals surface area contributed by atoms with Crippen molar-refractivity contribution < 1.29 is 22.3 Å². The highest BCUT2D eigenvalue weighted by atomic mass is 32.2. The first-order chi connectivity index (χ1) is 19.3. The Bertz CT molecular complexity index is 1790. The number of amides is 1. The number of morpholine rings is 1. The molecular formula is C31H28FN3O4S. The molecule has 1 aliphatic carbocycles. The molecule has 204 valence electrons. The van der Waals surface area contributed by atoms with E-state index in [4.69, 9.17) is 4.74 Å². The Morgan fingerprint density at radius 2 is 1.82 bits per heavy atom.